The normalized spacial score (nSPS) is 8.95. The molecule has 2 rings (SSSR count). The van der Waals surface area contributed by atoms with Crippen molar-refractivity contribution in [2.24, 2.45) is 5.73 Å². The molecule has 7 heteroatoms. The monoisotopic (exact) mass is 281 g/mol. The van der Waals surface area contributed by atoms with Crippen LogP contribution in [-0.4, -0.2) is 38.7 Å². The number of imidazole rings is 1. The SMILES string of the molecule is CC(=O)O.CC(=O)O.NCCc1nc2ccccc2[nH]1. The summed E-state index contributed by atoms with van der Waals surface area (Å²) < 4.78 is 0. The molecule has 0 aliphatic carbocycles. The van der Waals surface area contributed by atoms with Gasteiger partial charge in [-0.2, -0.15) is 0 Å². The van der Waals surface area contributed by atoms with Gasteiger partial charge in [-0.05, 0) is 18.7 Å². The number of carbonyl (C=O) groups is 2. The molecule has 0 aliphatic heterocycles. The highest BCUT2D eigenvalue weighted by atomic mass is 16.4. The molecule has 20 heavy (non-hydrogen) atoms. The molecule has 0 amide bonds. The van der Waals surface area contributed by atoms with Gasteiger partial charge in [0, 0.05) is 20.3 Å². The van der Waals surface area contributed by atoms with Crippen LogP contribution in [0.25, 0.3) is 11.0 Å². The summed E-state index contributed by atoms with van der Waals surface area (Å²) in [6.07, 6.45) is 0.814. The maximum absolute atomic E-state index is 9.00. The summed E-state index contributed by atoms with van der Waals surface area (Å²) in [6.45, 7) is 2.81. The van der Waals surface area contributed by atoms with E-state index in [1.54, 1.807) is 0 Å². The van der Waals surface area contributed by atoms with Gasteiger partial charge in [0.15, 0.2) is 0 Å². The zero-order valence-electron chi connectivity index (χ0n) is 11.5. The fourth-order valence-corrected chi connectivity index (χ4v) is 1.26. The van der Waals surface area contributed by atoms with Gasteiger partial charge >= 0.3 is 0 Å². The molecule has 2 aromatic rings. The number of nitrogens with zero attached hydrogens (tertiary/aromatic N) is 1. The predicted molar refractivity (Wildman–Crippen MR) is 75.5 cm³/mol. The molecule has 5 N–H and O–H groups in total. The largest absolute Gasteiger partial charge is 0.481 e. The van der Waals surface area contributed by atoms with Crippen LogP contribution in [-0.2, 0) is 16.0 Å². The molecule has 1 heterocycles. The molecule has 0 bridgehead atoms. The van der Waals surface area contributed by atoms with Crippen LogP contribution in [0.3, 0.4) is 0 Å². The second-order valence-corrected chi connectivity index (χ2v) is 3.78. The number of H-pyrrole nitrogens is 1. The molecule has 0 spiro atoms. The van der Waals surface area contributed by atoms with E-state index < -0.39 is 11.9 Å². The van der Waals surface area contributed by atoms with Crippen molar-refractivity contribution < 1.29 is 19.8 Å². The van der Waals surface area contributed by atoms with Crippen molar-refractivity contribution in [1.82, 2.24) is 9.97 Å². The van der Waals surface area contributed by atoms with Crippen molar-refractivity contribution in [1.29, 1.82) is 0 Å². The van der Waals surface area contributed by atoms with Crippen molar-refractivity contribution in [2.45, 2.75) is 20.3 Å². The van der Waals surface area contributed by atoms with E-state index in [0.717, 1.165) is 37.1 Å². The van der Waals surface area contributed by atoms with Gasteiger partial charge in [-0.25, -0.2) is 4.98 Å². The van der Waals surface area contributed by atoms with Crippen molar-refractivity contribution in [3.05, 3.63) is 30.1 Å². The summed E-state index contributed by atoms with van der Waals surface area (Å²) in [6, 6.07) is 7.98. The Kier molecular flexibility index (Phi) is 8.36. The van der Waals surface area contributed by atoms with Crippen LogP contribution >= 0.6 is 0 Å². The van der Waals surface area contributed by atoms with Crippen molar-refractivity contribution in [3.8, 4) is 0 Å². The van der Waals surface area contributed by atoms with Crippen LogP contribution in [0.4, 0.5) is 0 Å². The first-order valence-electron chi connectivity index (χ1n) is 5.89. The molecule has 0 radical (unpaired) electrons. The van der Waals surface area contributed by atoms with Crippen molar-refractivity contribution >= 4 is 23.0 Å². The number of fused-ring (bicyclic) bond motifs is 1. The first-order chi connectivity index (χ1) is 9.36. The topological polar surface area (TPSA) is 129 Å². The fraction of sp³-hybridized carbons (Fsp3) is 0.308. The Morgan fingerprint density at radius 3 is 2.15 bits per heavy atom. The Bertz CT molecular complexity index is 498. The number of aromatic amines is 1. The lowest BCUT2D eigenvalue weighted by Crippen LogP contribution is -2.03. The summed E-state index contributed by atoms with van der Waals surface area (Å²) in [5, 5.41) is 14.8. The molecular weight excluding hydrogens is 262 g/mol. The van der Waals surface area contributed by atoms with E-state index >= 15 is 0 Å². The first kappa shape index (κ1) is 17.6. The minimum absolute atomic E-state index is 0.639. The lowest BCUT2D eigenvalue weighted by Gasteiger charge is -1.87. The van der Waals surface area contributed by atoms with Crippen LogP contribution in [0.1, 0.15) is 19.7 Å². The summed E-state index contributed by atoms with van der Waals surface area (Å²) in [5.74, 6) is -0.696. The third-order valence-corrected chi connectivity index (χ3v) is 1.82. The number of aromatic nitrogens is 2. The third kappa shape index (κ3) is 8.65. The second-order valence-electron chi connectivity index (χ2n) is 3.78. The van der Waals surface area contributed by atoms with E-state index in [-0.39, 0.29) is 0 Å². The number of nitrogens with two attached hydrogens (primary N) is 1. The highest BCUT2D eigenvalue weighted by molar-refractivity contribution is 5.74. The Hall–Kier alpha value is -2.41. The lowest BCUT2D eigenvalue weighted by atomic mass is 10.3. The second kappa shape index (κ2) is 9.51. The third-order valence-electron chi connectivity index (χ3n) is 1.82. The number of carboxylic acid groups (broad SMARTS) is 2. The van der Waals surface area contributed by atoms with Gasteiger partial charge in [-0.1, -0.05) is 12.1 Å². The number of para-hydroxylation sites is 2. The molecule has 0 saturated carbocycles. The van der Waals surface area contributed by atoms with Gasteiger partial charge in [-0.3, -0.25) is 9.59 Å². The van der Waals surface area contributed by atoms with E-state index in [9.17, 15) is 0 Å². The molecule has 0 unspecified atom stereocenters. The Labute approximate surface area is 116 Å². The van der Waals surface area contributed by atoms with Crippen molar-refractivity contribution in [2.75, 3.05) is 6.54 Å². The van der Waals surface area contributed by atoms with Gasteiger partial charge in [0.25, 0.3) is 11.9 Å². The van der Waals surface area contributed by atoms with Gasteiger partial charge in [0.1, 0.15) is 5.82 Å². The Morgan fingerprint density at radius 2 is 1.70 bits per heavy atom. The number of aliphatic carboxylic acids is 2. The number of carboxylic acids is 2. The zero-order chi connectivity index (χ0) is 15.5. The van der Waals surface area contributed by atoms with Gasteiger partial charge in [-0.15, -0.1) is 0 Å². The Balaban J connectivity index is 0.000000380. The minimum atomic E-state index is -0.833. The predicted octanol–water partition coefficient (Wildman–Crippen LogP) is 1.25. The van der Waals surface area contributed by atoms with Crippen LogP contribution in [0.5, 0.6) is 0 Å². The number of nitrogens with one attached hydrogen (secondary N) is 1. The van der Waals surface area contributed by atoms with E-state index in [1.807, 2.05) is 24.3 Å². The van der Waals surface area contributed by atoms with E-state index in [0.29, 0.717) is 6.54 Å². The molecule has 7 nitrogen and oxygen atoms in total. The molecular formula is C13H19N3O4. The van der Waals surface area contributed by atoms with E-state index in [2.05, 4.69) is 9.97 Å². The van der Waals surface area contributed by atoms with Crippen LogP contribution < -0.4 is 5.73 Å². The highest BCUT2D eigenvalue weighted by Gasteiger charge is 1.98. The maximum atomic E-state index is 9.00. The Morgan fingerprint density at radius 1 is 1.20 bits per heavy atom. The van der Waals surface area contributed by atoms with E-state index in [1.165, 1.54) is 0 Å². The fourth-order valence-electron chi connectivity index (χ4n) is 1.26. The summed E-state index contributed by atoms with van der Waals surface area (Å²) >= 11 is 0. The lowest BCUT2D eigenvalue weighted by molar-refractivity contribution is -0.135. The van der Waals surface area contributed by atoms with Gasteiger partial charge < -0.3 is 20.9 Å². The number of hydrogen-bond donors (Lipinski definition) is 4. The number of hydrogen-bond acceptors (Lipinski definition) is 4. The molecule has 1 aromatic heterocycles. The van der Waals surface area contributed by atoms with Crippen molar-refractivity contribution in [3.63, 3.8) is 0 Å². The average molecular weight is 281 g/mol. The van der Waals surface area contributed by atoms with Gasteiger partial charge in [0.05, 0.1) is 11.0 Å². The van der Waals surface area contributed by atoms with Gasteiger partial charge in [0.2, 0.25) is 0 Å². The number of rotatable bonds is 2. The molecule has 0 fully saturated rings. The smallest absolute Gasteiger partial charge is 0.300 e. The molecule has 110 valence electrons. The van der Waals surface area contributed by atoms with Crippen LogP contribution in [0.2, 0.25) is 0 Å². The van der Waals surface area contributed by atoms with E-state index in [4.69, 9.17) is 25.5 Å². The zero-order valence-corrected chi connectivity index (χ0v) is 11.5. The summed E-state index contributed by atoms with van der Waals surface area (Å²) in [4.78, 5) is 25.6. The highest BCUT2D eigenvalue weighted by Crippen LogP contribution is 2.09. The summed E-state index contributed by atoms with van der Waals surface area (Å²) in [5.41, 5.74) is 7.52. The van der Waals surface area contributed by atoms with Crippen LogP contribution in [0, 0.1) is 0 Å². The standard InChI is InChI=1S/C9H11N3.2C2H4O2/c10-6-5-9-11-7-3-1-2-4-8(7)12-9;2*1-2(3)4/h1-4H,5-6,10H2,(H,11,12);2*1H3,(H,3,4). The average Bonchev–Trinajstić information content (AvgIpc) is 2.70. The minimum Gasteiger partial charge on any atom is -0.481 e. The van der Waals surface area contributed by atoms with Crippen LogP contribution in [0.15, 0.2) is 24.3 Å². The molecule has 0 aliphatic rings. The summed E-state index contributed by atoms with van der Waals surface area (Å²) in [7, 11) is 0. The maximum Gasteiger partial charge on any atom is 0.300 e. The first-order valence-corrected chi connectivity index (χ1v) is 5.89. The quantitative estimate of drug-likeness (QED) is 0.655. The molecule has 0 atom stereocenters. The number of benzene rings is 1. The molecule has 1 aromatic carbocycles. The molecule has 0 saturated heterocycles.